The highest BCUT2D eigenvalue weighted by molar-refractivity contribution is 6.31. The van der Waals surface area contributed by atoms with E-state index in [2.05, 4.69) is 0 Å². The van der Waals surface area contributed by atoms with E-state index in [1.807, 2.05) is 25.1 Å². The van der Waals surface area contributed by atoms with Gasteiger partial charge in [-0.1, -0.05) is 18.5 Å². The molecule has 0 bridgehead atoms. The molecule has 2 rings (SSSR count). The molecule has 14 heavy (non-hydrogen) atoms. The van der Waals surface area contributed by atoms with E-state index >= 15 is 0 Å². The van der Waals surface area contributed by atoms with Crippen LogP contribution in [0.25, 0.3) is 11.0 Å². The fourth-order valence-corrected chi connectivity index (χ4v) is 1.58. The predicted molar refractivity (Wildman–Crippen MR) is 56.5 cm³/mol. The third kappa shape index (κ3) is 1.63. The van der Waals surface area contributed by atoms with Gasteiger partial charge in [0.25, 0.3) is 0 Å². The van der Waals surface area contributed by atoms with Crippen LogP contribution in [0.4, 0.5) is 0 Å². The van der Waals surface area contributed by atoms with Gasteiger partial charge in [0.05, 0.1) is 0 Å². The van der Waals surface area contributed by atoms with E-state index in [4.69, 9.17) is 16.0 Å². The molecule has 0 aliphatic carbocycles. The second kappa shape index (κ2) is 3.64. The Kier molecular flexibility index (Phi) is 2.48. The quantitative estimate of drug-likeness (QED) is 0.823. The first kappa shape index (κ1) is 9.56. The van der Waals surface area contributed by atoms with Crippen LogP contribution in [0.1, 0.15) is 25.2 Å². The fourth-order valence-electron chi connectivity index (χ4n) is 1.40. The van der Waals surface area contributed by atoms with Crippen molar-refractivity contribution in [1.29, 1.82) is 0 Å². The summed E-state index contributed by atoms with van der Waals surface area (Å²) in [6.07, 6.45) is 0.120. The Labute approximate surface area is 87.1 Å². The molecule has 0 unspecified atom stereocenters. The maximum absolute atomic E-state index is 9.57. The van der Waals surface area contributed by atoms with Crippen molar-refractivity contribution in [3.05, 3.63) is 35.0 Å². The van der Waals surface area contributed by atoms with Gasteiger partial charge in [-0.25, -0.2) is 0 Å². The first-order valence-corrected chi connectivity index (χ1v) is 4.95. The standard InChI is InChI=1S/C11H11ClO2/c1-2-9(13)11-6-7-5-8(12)3-4-10(7)14-11/h3-6,9,13H,2H2,1H3/t9-/m0/s1. The molecule has 0 aliphatic heterocycles. The van der Waals surface area contributed by atoms with E-state index in [9.17, 15) is 5.11 Å². The van der Waals surface area contributed by atoms with Gasteiger partial charge >= 0.3 is 0 Å². The second-order valence-electron chi connectivity index (χ2n) is 3.25. The van der Waals surface area contributed by atoms with Gasteiger partial charge in [0, 0.05) is 10.4 Å². The van der Waals surface area contributed by atoms with Crippen LogP contribution < -0.4 is 0 Å². The van der Waals surface area contributed by atoms with Crippen molar-refractivity contribution in [1.82, 2.24) is 0 Å². The van der Waals surface area contributed by atoms with Crippen molar-refractivity contribution in [2.24, 2.45) is 0 Å². The van der Waals surface area contributed by atoms with Crippen molar-refractivity contribution < 1.29 is 9.52 Å². The average molecular weight is 211 g/mol. The van der Waals surface area contributed by atoms with Gasteiger partial charge in [-0.2, -0.15) is 0 Å². The van der Waals surface area contributed by atoms with Crippen molar-refractivity contribution in [3.8, 4) is 0 Å². The van der Waals surface area contributed by atoms with Crippen LogP contribution in [-0.4, -0.2) is 5.11 Å². The molecule has 0 amide bonds. The summed E-state index contributed by atoms with van der Waals surface area (Å²) in [4.78, 5) is 0. The lowest BCUT2D eigenvalue weighted by atomic mass is 10.2. The van der Waals surface area contributed by atoms with Crippen molar-refractivity contribution in [2.75, 3.05) is 0 Å². The summed E-state index contributed by atoms with van der Waals surface area (Å²) in [6.45, 7) is 1.91. The van der Waals surface area contributed by atoms with Gasteiger partial charge in [0.2, 0.25) is 0 Å². The number of benzene rings is 1. The molecule has 0 aliphatic rings. The molecule has 1 N–H and O–H groups in total. The molecule has 2 nitrogen and oxygen atoms in total. The highest BCUT2D eigenvalue weighted by Gasteiger charge is 2.10. The van der Waals surface area contributed by atoms with E-state index in [-0.39, 0.29) is 0 Å². The molecule has 0 radical (unpaired) electrons. The van der Waals surface area contributed by atoms with Gasteiger partial charge in [-0.15, -0.1) is 0 Å². The summed E-state index contributed by atoms with van der Waals surface area (Å²) in [6, 6.07) is 7.24. The number of hydrogen-bond donors (Lipinski definition) is 1. The zero-order chi connectivity index (χ0) is 10.1. The minimum absolute atomic E-state index is 0.527. The minimum atomic E-state index is -0.527. The Morgan fingerprint density at radius 3 is 2.93 bits per heavy atom. The van der Waals surface area contributed by atoms with Crippen LogP contribution in [0.3, 0.4) is 0 Å². The summed E-state index contributed by atoms with van der Waals surface area (Å²) < 4.78 is 5.47. The van der Waals surface area contributed by atoms with Crippen molar-refractivity contribution in [3.63, 3.8) is 0 Å². The van der Waals surface area contributed by atoms with Gasteiger partial charge in [-0.3, -0.25) is 0 Å². The molecule has 0 spiro atoms. The Bertz CT molecular complexity index is 447. The normalized spacial score (nSPS) is 13.4. The summed E-state index contributed by atoms with van der Waals surface area (Å²) in [5.41, 5.74) is 0.761. The van der Waals surface area contributed by atoms with E-state index in [0.717, 1.165) is 11.0 Å². The average Bonchev–Trinajstić information content (AvgIpc) is 2.59. The molecule has 1 aromatic heterocycles. The molecule has 3 heteroatoms. The van der Waals surface area contributed by atoms with Crippen LogP contribution in [0.15, 0.2) is 28.7 Å². The number of aliphatic hydroxyl groups is 1. The summed E-state index contributed by atoms with van der Waals surface area (Å²) in [5, 5.41) is 11.2. The highest BCUT2D eigenvalue weighted by Crippen LogP contribution is 2.27. The number of fused-ring (bicyclic) bond motifs is 1. The van der Waals surface area contributed by atoms with Crippen LogP contribution in [-0.2, 0) is 0 Å². The predicted octanol–water partition coefficient (Wildman–Crippen LogP) is 3.53. The van der Waals surface area contributed by atoms with Gasteiger partial charge < -0.3 is 9.52 Å². The smallest absolute Gasteiger partial charge is 0.134 e. The van der Waals surface area contributed by atoms with E-state index < -0.39 is 6.10 Å². The lowest BCUT2D eigenvalue weighted by Crippen LogP contribution is -1.90. The second-order valence-corrected chi connectivity index (χ2v) is 3.69. The minimum Gasteiger partial charge on any atom is -0.458 e. The zero-order valence-corrected chi connectivity index (χ0v) is 8.58. The van der Waals surface area contributed by atoms with Crippen molar-refractivity contribution >= 4 is 22.6 Å². The lowest BCUT2D eigenvalue weighted by Gasteiger charge is -2.00. The summed E-state index contributed by atoms with van der Waals surface area (Å²) in [5.74, 6) is 0.602. The SMILES string of the molecule is CC[C@H](O)c1cc2cc(Cl)ccc2o1. The molecule has 74 valence electrons. The topological polar surface area (TPSA) is 33.4 Å². The van der Waals surface area contributed by atoms with Gasteiger partial charge in [0.1, 0.15) is 17.4 Å². The third-order valence-electron chi connectivity index (χ3n) is 2.21. The Morgan fingerprint density at radius 1 is 1.43 bits per heavy atom. The number of furan rings is 1. The lowest BCUT2D eigenvalue weighted by molar-refractivity contribution is 0.148. The third-order valence-corrected chi connectivity index (χ3v) is 2.45. The maximum Gasteiger partial charge on any atom is 0.134 e. The van der Waals surface area contributed by atoms with Gasteiger partial charge in [0.15, 0.2) is 0 Å². The highest BCUT2D eigenvalue weighted by atomic mass is 35.5. The number of rotatable bonds is 2. The molecule has 0 fully saturated rings. The number of hydrogen-bond acceptors (Lipinski definition) is 2. The first-order chi connectivity index (χ1) is 6.70. The van der Waals surface area contributed by atoms with Gasteiger partial charge in [-0.05, 0) is 30.7 Å². The Morgan fingerprint density at radius 2 is 2.21 bits per heavy atom. The van der Waals surface area contributed by atoms with Crippen LogP contribution >= 0.6 is 11.6 Å². The molecular weight excluding hydrogens is 200 g/mol. The van der Waals surface area contributed by atoms with Crippen LogP contribution in [0.5, 0.6) is 0 Å². The monoisotopic (exact) mass is 210 g/mol. The Balaban J connectivity index is 2.51. The summed E-state index contributed by atoms with van der Waals surface area (Å²) in [7, 11) is 0. The van der Waals surface area contributed by atoms with Crippen molar-refractivity contribution in [2.45, 2.75) is 19.4 Å². The van der Waals surface area contributed by atoms with E-state index in [1.54, 1.807) is 6.07 Å². The van der Waals surface area contributed by atoms with Crippen LogP contribution in [0, 0.1) is 0 Å². The number of halogens is 1. The largest absolute Gasteiger partial charge is 0.458 e. The maximum atomic E-state index is 9.57. The molecule has 2 aromatic rings. The molecule has 0 saturated heterocycles. The van der Waals surface area contributed by atoms with E-state index in [0.29, 0.717) is 17.2 Å². The zero-order valence-electron chi connectivity index (χ0n) is 7.83. The molecule has 1 heterocycles. The molecule has 1 aromatic carbocycles. The van der Waals surface area contributed by atoms with E-state index in [1.165, 1.54) is 0 Å². The molecule has 1 atom stereocenters. The molecular formula is C11H11ClO2. The van der Waals surface area contributed by atoms with Crippen LogP contribution in [0.2, 0.25) is 5.02 Å². The molecule has 0 saturated carbocycles. The first-order valence-electron chi connectivity index (χ1n) is 4.57. The fraction of sp³-hybridized carbons (Fsp3) is 0.273. The Hall–Kier alpha value is -0.990. The summed E-state index contributed by atoms with van der Waals surface area (Å²) >= 11 is 5.84. The number of aliphatic hydroxyl groups excluding tert-OH is 1.